The Hall–Kier alpha value is -2.43. The van der Waals surface area contributed by atoms with E-state index >= 15 is 0 Å². The van der Waals surface area contributed by atoms with E-state index < -0.39 is 15.9 Å². The molecular weight excluding hydrogens is 464 g/mol. The van der Waals surface area contributed by atoms with Gasteiger partial charge in [0.2, 0.25) is 5.13 Å². The van der Waals surface area contributed by atoms with Crippen LogP contribution in [0.2, 0.25) is 0 Å². The van der Waals surface area contributed by atoms with Gasteiger partial charge in [0.05, 0.1) is 4.90 Å². The lowest BCUT2D eigenvalue weighted by Gasteiger charge is -2.13. The summed E-state index contributed by atoms with van der Waals surface area (Å²) in [7, 11) is -3.88. The summed E-state index contributed by atoms with van der Waals surface area (Å²) in [4.78, 5) is 12.8. The molecule has 0 bridgehead atoms. The number of hydrogen-bond acceptors (Lipinski definition) is 7. The van der Waals surface area contributed by atoms with E-state index in [4.69, 9.17) is 0 Å². The van der Waals surface area contributed by atoms with Crippen LogP contribution >= 0.6 is 23.1 Å². The van der Waals surface area contributed by atoms with E-state index in [9.17, 15) is 13.2 Å². The number of rotatable bonds is 8. The normalized spacial score (nSPS) is 11.6. The maximum Gasteiger partial charge on any atom is 0.262 e. The number of hydrogen-bond donors (Lipinski definition) is 2. The summed E-state index contributed by atoms with van der Waals surface area (Å²) >= 11 is 2.88. The minimum absolute atomic E-state index is 0.0507. The molecule has 0 saturated carbocycles. The van der Waals surface area contributed by atoms with Gasteiger partial charge in [-0.15, -0.1) is 10.2 Å². The fraction of sp³-hybridized carbons (Fsp3) is 0.318. The van der Waals surface area contributed by atoms with Crippen LogP contribution in [-0.4, -0.2) is 30.3 Å². The first-order chi connectivity index (χ1) is 15.0. The zero-order valence-corrected chi connectivity index (χ0v) is 21.0. The second-order valence-electron chi connectivity index (χ2n) is 7.99. The second kappa shape index (κ2) is 10.0. The zero-order chi connectivity index (χ0) is 23.5. The monoisotopic (exact) mass is 490 g/mol. The molecule has 170 valence electrons. The van der Waals surface area contributed by atoms with Gasteiger partial charge in [-0.3, -0.25) is 14.8 Å². The number of nitrogens with zero attached hydrogens (tertiary/aromatic N) is 2. The first-order valence-electron chi connectivity index (χ1n) is 10.0. The number of anilines is 2. The third-order valence-corrected chi connectivity index (χ3v) is 8.30. The van der Waals surface area contributed by atoms with Crippen LogP contribution in [0.15, 0.2) is 45.6 Å². The lowest BCUT2D eigenvalue weighted by Crippen LogP contribution is -2.17. The van der Waals surface area contributed by atoms with Crippen LogP contribution in [0.4, 0.5) is 10.8 Å². The summed E-state index contributed by atoms with van der Waals surface area (Å²) in [6.07, 6.45) is 0. The van der Waals surface area contributed by atoms with E-state index in [1.165, 1.54) is 17.4 Å². The zero-order valence-electron chi connectivity index (χ0n) is 18.6. The Morgan fingerprint density at radius 3 is 2.41 bits per heavy atom. The fourth-order valence-electron chi connectivity index (χ4n) is 3.00. The van der Waals surface area contributed by atoms with E-state index in [0.717, 1.165) is 21.2 Å². The minimum Gasteiger partial charge on any atom is -0.296 e. The molecular formula is C22H26N4O3S3. The molecule has 3 rings (SSSR count). The van der Waals surface area contributed by atoms with E-state index in [1.807, 2.05) is 19.9 Å². The lowest BCUT2D eigenvalue weighted by atomic mass is 10.1. The molecule has 2 aromatic carbocycles. The van der Waals surface area contributed by atoms with Crippen molar-refractivity contribution in [1.29, 1.82) is 0 Å². The van der Waals surface area contributed by atoms with Gasteiger partial charge in [-0.25, -0.2) is 8.42 Å². The Labute approximate surface area is 197 Å². The van der Waals surface area contributed by atoms with Gasteiger partial charge in [0, 0.05) is 17.0 Å². The predicted molar refractivity (Wildman–Crippen MR) is 131 cm³/mol. The van der Waals surface area contributed by atoms with Gasteiger partial charge in [0.15, 0.2) is 4.34 Å². The summed E-state index contributed by atoms with van der Waals surface area (Å²) in [6, 6.07) is 10.1. The average molecular weight is 491 g/mol. The molecule has 0 radical (unpaired) electrons. The Morgan fingerprint density at radius 2 is 1.75 bits per heavy atom. The minimum atomic E-state index is -3.88. The number of aryl methyl sites for hydroxylation is 3. The Balaban J connectivity index is 1.79. The number of sulfonamides is 1. The van der Waals surface area contributed by atoms with Crippen molar-refractivity contribution in [3.05, 3.63) is 58.7 Å². The highest BCUT2D eigenvalue weighted by atomic mass is 32.2. The molecule has 0 aliphatic carbocycles. The van der Waals surface area contributed by atoms with E-state index in [2.05, 4.69) is 34.1 Å². The highest BCUT2D eigenvalue weighted by Crippen LogP contribution is 2.28. The maximum absolute atomic E-state index is 13.0. The highest BCUT2D eigenvalue weighted by Gasteiger charge is 2.20. The van der Waals surface area contributed by atoms with Crippen molar-refractivity contribution in [1.82, 2.24) is 10.2 Å². The average Bonchev–Trinajstić information content (AvgIpc) is 3.12. The fourth-order valence-corrected chi connectivity index (χ4v) is 6.04. The quantitative estimate of drug-likeness (QED) is 0.330. The van der Waals surface area contributed by atoms with Crippen molar-refractivity contribution in [2.45, 2.75) is 43.9 Å². The largest absolute Gasteiger partial charge is 0.296 e. The second-order valence-corrected chi connectivity index (χ2v) is 11.9. The number of carbonyl (C=O) groups is 1. The van der Waals surface area contributed by atoms with Crippen molar-refractivity contribution < 1.29 is 13.2 Å². The molecule has 0 unspecified atom stereocenters. The highest BCUT2D eigenvalue weighted by molar-refractivity contribution is 8.01. The Morgan fingerprint density at radius 1 is 1.06 bits per heavy atom. The van der Waals surface area contributed by atoms with E-state index in [1.54, 1.807) is 43.0 Å². The Kier molecular flexibility index (Phi) is 7.58. The van der Waals surface area contributed by atoms with Gasteiger partial charge >= 0.3 is 0 Å². The number of carbonyl (C=O) groups excluding carboxylic acids is 1. The van der Waals surface area contributed by atoms with Crippen molar-refractivity contribution in [3.63, 3.8) is 0 Å². The molecule has 0 atom stereocenters. The number of aromatic nitrogens is 2. The number of thioether (sulfide) groups is 1. The SMILES string of the molecule is Cc1cc(C)cc(NS(=O)(=O)c2cc(C(=O)Nc3nnc(SCC(C)C)s3)ccc2C)c1. The van der Waals surface area contributed by atoms with E-state index in [-0.39, 0.29) is 10.5 Å². The van der Waals surface area contributed by atoms with Crippen molar-refractivity contribution >= 4 is 49.8 Å². The summed E-state index contributed by atoms with van der Waals surface area (Å²) in [5, 5.41) is 11.2. The van der Waals surface area contributed by atoms with E-state index in [0.29, 0.717) is 22.3 Å². The van der Waals surface area contributed by atoms with Gasteiger partial charge in [-0.2, -0.15) is 0 Å². The van der Waals surface area contributed by atoms with Crippen LogP contribution in [0.5, 0.6) is 0 Å². The predicted octanol–water partition coefficient (Wildman–Crippen LogP) is 5.26. The number of nitrogens with one attached hydrogen (secondary N) is 2. The first-order valence-corrected chi connectivity index (χ1v) is 13.3. The molecule has 1 heterocycles. The molecule has 7 nitrogen and oxygen atoms in total. The van der Waals surface area contributed by atoms with Crippen LogP contribution in [0.25, 0.3) is 0 Å². The van der Waals surface area contributed by atoms with Crippen LogP contribution in [-0.2, 0) is 10.0 Å². The summed E-state index contributed by atoms with van der Waals surface area (Å²) in [5.74, 6) is 0.992. The molecule has 1 amide bonds. The van der Waals surface area contributed by atoms with Crippen LogP contribution in [0.1, 0.15) is 40.9 Å². The molecule has 2 N–H and O–H groups in total. The standard InChI is InChI=1S/C22H26N4O3S3/c1-13(2)12-30-22-25-24-21(31-22)23-20(27)17-7-6-16(5)19(11-17)32(28,29)26-18-9-14(3)8-15(4)10-18/h6-11,13,26H,12H2,1-5H3,(H,23,24,27). The number of amides is 1. The van der Waals surface area contributed by atoms with Crippen molar-refractivity contribution in [3.8, 4) is 0 Å². The first kappa shape index (κ1) is 24.2. The Bertz CT molecular complexity index is 1220. The lowest BCUT2D eigenvalue weighted by molar-refractivity contribution is 0.102. The van der Waals surface area contributed by atoms with Crippen molar-refractivity contribution in [2.24, 2.45) is 5.92 Å². The smallest absolute Gasteiger partial charge is 0.262 e. The topological polar surface area (TPSA) is 101 Å². The van der Waals surface area contributed by atoms with Gasteiger partial charge < -0.3 is 0 Å². The van der Waals surface area contributed by atoms with Crippen LogP contribution in [0, 0.1) is 26.7 Å². The molecule has 0 saturated heterocycles. The molecule has 10 heteroatoms. The summed E-state index contributed by atoms with van der Waals surface area (Å²) < 4.78 is 29.5. The maximum atomic E-state index is 13.0. The summed E-state index contributed by atoms with van der Waals surface area (Å²) in [5.41, 5.74) is 3.16. The molecule has 32 heavy (non-hydrogen) atoms. The number of benzene rings is 2. The molecule has 1 aromatic heterocycles. The van der Waals surface area contributed by atoms with Crippen LogP contribution < -0.4 is 10.0 Å². The molecule has 0 aliphatic heterocycles. The molecule has 3 aromatic rings. The third-order valence-electron chi connectivity index (χ3n) is 4.38. The van der Waals surface area contributed by atoms with Gasteiger partial charge in [-0.05, 0) is 67.6 Å². The summed E-state index contributed by atoms with van der Waals surface area (Å²) in [6.45, 7) is 9.74. The van der Waals surface area contributed by atoms with Gasteiger partial charge in [0.1, 0.15) is 0 Å². The third kappa shape index (κ3) is 6.30. The molecule has 0 aliphatic rings. The van der Waals surface area contributed by atoms with Gasteiger partial charge in [0.25, 0.3) is 15.9 Å². The molecule has 0 spiro atoms. The molecule has 0 fully saturated rings. The van der Waals surface area contributed by atoms with Crippen LogP contribution in [0.3, 0.4) is 0 Å². The van der Waals surface area contributed by atoms with Crippen molar-refractivity contribution in [2.75, 3.05) is 15.8 Å². The van der Waals surface area contributed by atoms with Gasteiger partial charge in [-0.1, -0.05) is 49.1 Å².